The number of methoxy groups -OCH3 is 1. The number of rotatable bonds is 6. The summed E-state index contributed by atoms with van der Waals surface area (Å²) in [6, 6.07) is 10.2. The molecule has 1 saturated heterocycles. The third kappa shape index (κ3) is 3.84. The molecule has 1 saturated carbocycles. The normalized spacial score (nSPS) is 19.6. The number of likely N-dealkylation sites (tertiary alicyclic amines) is 1. The van der Waals surface area contributed by atoms with Crippen molar-refractivity contribution in [2.24, 2.45) is 5.92 Å². The Morgan fingerprint density at radius 3 is 3.00 bits per heavy atom. The number of carbonyl (C=O) groups excluding carboxylic acids is 1. The van der Waals surface area contributed by atoms with Gasteiger partial charge in [-0.05, 0) is 55.7 Å². The molecule has 1 aliphatic carbocycles. The molecule has 2 aliphatic rings. The van der Waals surface area contributed by atoms with Crippen LogP contribution in [0.1, 0.15) is 31.2 Å². The quantitative estimate of drug-likeness (QED) is 0.863. The summed E-state index contributed by atoms with van der Waals surface area (Å²) in [5.41, 5.74) is 1.20. The van der Waals surface area contributed by atoms with Crippen LogP contribution in [0, 0.1) is 5.92 Å². The molecule has 2 aromatic rings. The average Bonchev–Trinajstić information content (AvgIpc) is 3.17. The zero-order valence-corrected chi connectivity index (χ0v) is 15.2. The highest BCUT2D eigenvalue weighted by molar-refractivity contribution is 5.88. The number of nitrogens with zero attached hydrogens (tertiary/aromatic N) is 3. The second kappa shape index (κ2) is 7.40. The molecule has 2 amide bonds. The highest BCUT2D eigenvalue weighted by atomic mass is 16.5. The smallest absolute Gasteiger partial charge is 0.323 e. The van der Waals surface area contributed by atoms with E-state index in [0.29, 0.717) is 0 Å². The third-order valence-electron chi connectivity index (χ3n) is 5.32. The minimum absolute atomic E-state index is 0.0204. The molecular weight excluding hydrogens is 328 g/mol. The van der Waals surface area contributed by atoms with Crippen LogP contribution in [0.5, 0.6) is 5.75 Å². The van der Waals surface area contributed by atoms with Crippen molar-refractivity contribution in [2.75, 3.05) is 19.0 Å². The number of carbonyl (C=O) groups is 1. The van der Waals surface area contributed by atoms with Crippen molar-refractivity contribution in [1.29, 1.82) is 0 Å². The number of aromatic nitrogens is 2. The maximum Gasteiger partial charge on any atom is 0.323 e. The zero-order chi connectivity index (χ0) is 17.9. The van der Waals surface area contributed by atoms with Gasteiger partial charge in [0.25, 0.3) is 0 Å². The lowest BCUT2D eigenvalue weighted by atomic mass is 10.0. The van der Waals surface area contributed by atoms with Crippen molar-refractivity contribution in [3.8, 4) is 5.75 Å². The molecule has 1 unspecified atom stereocenters. The van der Waals surface area contributed by atoms with Crippen molar-refractivity contribution < 1.29 is 9.53 Å². The molecule has 0 spiro atoms. The Bertz CT molecular complexity index is 769. The van der Waals surface area contributed by atoms with Crippen molar-refractivity contribution in [3.05, 3.63) is 42.1 Å². The molecule has 6 heteroatoms. The SMILES string of the molecule is COc1cccc(CC2CCCN2C(=O)Nc2ccnn2CC2CC2)c1. The van der Waals surface area contributed by atoms with E-state index in [4.69, 9.17) is 4.74 Å². The van der Waals surface area contributed by atoms with Gasteiger partial charge in [0.05, 0.1) is 13.3 Å². The van der Waals surface area contributed by atoms with E-state index >= 15 is 0 Å². The number of ether oxygens (including phenoxy) is 1. The van der Waals surface area contributed by atoms with Crippen molar-refractivity contribution in [2.45, 2.75) is 44.7 Å². The minimum atomic E-state index is -0.0204. The van der Waals surface area contributed by atoms with E-state index in [-0.39, 0.29) is 12.1 Å². The fraction of sp³-hybridized carbons (Fsp3) is 0.500. The molecule has 1 aromatic heterocycles. The lowest BCUT2D eigenvalue weighted by Gasteiger charge is -2.25. The van der Waals surface area contributed by atoms with E-state index in [0.717, 1.165) is 49.8 Å². The highest BCUT2D eigenvalue weighted by Crippen LogP contribution is 2.31. The molecule has 26 heavy (non-hydrogen) atoms. The third-order valence-corrected chi connectivity index (χ3v) is 5.32. The van der Waals surface area contributed by atoms with E-state index in [2.05, 4.69) is 22.5 Å². The fourth-order valence-electron chi connectivity index (χ4n) is 3.70. The van der Waals surface area contributed by atoms with Gasteiger partial charge in [0.2, 0.25) is 0 Å². The van der Waals surface area contributed by atoms with Crippen LogP contribution in [0.3, 0.4) is 0 Å². The Kier molecular flexibility index (Phi) is 4.82. The van der Waals surface area contributed by atoms with Crippen molar-refractivity contribution in [1.82, 2.24) is 14.7 Å². The minimum Gasteiger partial charge on any atom is -0.497 e. The summed E-state index contributed by atoms with van der Waals surface area (Å²) < 4.78 is 7.23. The van der Waals surface area contributed by atoms with Gasteiger partial charge in [0, 0.05) is 25.2 Å². The largest absolute Gasteiger partial charge is 0.497 e. The van der Waals surface area contributed by atoms with Crippen LogP contribution in [0.4, 0.5) is 10.6 Å². The van der Waals surface area contributed by atoms with Crippen molar-refractivity contribution >= 4 is 11.8 Å². The first-order valence-corrected chi connectivity index (χ1v) is 9.45. The topological polar surface area (TPSA) is 59.4 Å². The average molecular weight is 354 g/mol. The highest BCUT2D eigenvalue weighted by Gasteiger charge is 2.30. The van der Waals surface area contributed by atoms with Gasteiger partial charge in [0.1, 0.15) is 11.6 Å². The first kappa shape index (κ1) is 16.9. The number of hydrogen-bond donors (Lipinski definition) is 1. The summed E-state index contributed by atoms with van der Waals surface area (Å²) in [5, 5.41) is 7.42. The molecule has 2 fully saturated rings. The Morgan fingerprint density at radius 2 is 2.19 bits per heavy atom. The molecule has 0 bridgehead atoms. The predicted molar refractivity (Wildman–Crippen MR) is 100 cm³/mol. The van der Waals surface area contributed by atoms with Crippen LogP contribution in [0.2, 0.25) is 0 Å². The van der Waals surface area contributed by atoms with Gasteiger partial charge in [-0.3, -0.25) is 5.32 Å². The second-order valence-electron chi connectivity index (χ2n) is 7.32. The molecule has 4 rings (SSSR count). The first-order chi connectivity index (χ1) is 12.7. The number of hydrogen-bond acceptors (Lipinski definition) is 3. The Morgan fingerprint density at radius 1 is 1.31 bits per heavy atom. The van der Waals surface area contributed by atoms with Gasteiger partial charge in [0.15, 0.2) is 0 Å². The molecule has 138 valence electrons. The van der Waals surface area contributed by atoms with Crippen molar-refractivity contribution in [3.63, 3.8) is 0 Å². The summed E-state index contributed by atoms with van der Waals surface area (Å²) in [6.45, 7) is 1.70. The van der Waals surface area contributed by atoms with Gasteiger partial charge in [-0.15, -0.1) is 0 Å². The maximum atomic E-state index is 12.8. The Balaban J connectivity index is 1.40. The van der Waals surface area contributed by atoms with Gasteiger partial charge in [-0.1, -0.05) is 12.1 Å². The number of benzene rings is 1. The number of nitrogens with one attached hydrogen (secondary N) is 1. The molecular formula is C20H26N4O2. The van der Waals surface area contributed by atoms with E-state index in [1.54, 1.807) is 13.3 Å². The van der Waals surface area contributed by atoms with Crippen LogP contribution in [-0.2, 0) is 13.0 Å². The van der Waals surface area contributed by atoms with Crippen LogP contribution in [0.25, 0.3) is 0 Å². The van der Waals surface area contributed by atoms with Crippen LogP contribution in [0.15, 0.2) is 36.5 Å². The summed E-state index contributed by atoms with van der Waals surface area (Å²) in [7, 11) is 1.68. The standard InChI is InChI=1S/C20H26N4O2/c1-26-18-6-2-4-16(13-18)12-17-5-3-11-23(17)20(25)22-19-9-10-21-24(19)14-15-7-8-15/h2,4,6,9-10,13,15,17H,3,5,7-8,11-12,14H2,1H3,(H,22,25). The summed E-state index contributed by atoms with van der Waals surface area (Å²) in [5.74, 6) is 2.38. The summed E-state index contributed by atoms with van der Waals surface area (Å²) >= 11 is 0. The molecule has 6 nitrogen and oxygen atoms in total. The molecule has 1 atom stereocenters. The lowest BCUT2D eigenvalue weighted by molar-refractivity contribution is 0.206. The zero-order valence-electron chi connectivity index (χ0n) is 15.2. The van der Waals surface area contributed by atoms with E-state index in [1.165, 1.54) is 18.4 Å². The van der Waals surface area contributed by atoms with Gasteiger partial charge < -0.3 is 9.64 Å². The number of anilines is 1. The summed E-state index contributed by atoms with van der Waals surface area (Å²) in [6.07, 6.45) is 7.22. The Hall–Kier alpha value is -2.50. The molecule has 1 N–H and O–H groups in total. The van der Waals surface area contributed by atoms with Gasteiger partial charge in [-0.2, -0.15) is 5.10 Å². The van der Waals surface area contributed by atoms with E-state index < -0.39 is 0 Å². The van der Waals surface area contributed by atoms with Gasteiger partial charge in [-0.25, -0.2) is 9.48 Å². The van der Waals surface area contributed by atoms with E-state index in [9.17, 15) is 4.79 Å². The maximum absolute atomic E-state index is 12.8. The fourth-order valence-corrected chi connectivity index (χ4v) is 3.70. The van der Waals surface area contributed by atoms with E-state index in [1.807, 2.05) is 27.8 Å². The first-order valence-electron chi connectivity index (χ1n) is 9.45. The molecule has 0 radical (unpaired) electrons. The molecule has 2 heterocycles. The number of amides is 2. The van der Waals surface area contributed by atoms with Crippen LogP contribution < -0.4 is 10.1 Å². The predicted octanol–water partition coefficient (Wildman–Crippen LogP) is 3.54. The second-order valence-corrected chi connectivity index (χ2v) is 7.32. The number of urea groups is 1. The summed E-state index contributed by atoms with van der Waals surface area (Å²) in [4.78, 5) is 14.8. The van der Waals surface area contributed by atoms with Crippen LogP contribution in [-0.4, -0.2) is 40.4 Å². The molecule has 1 aromatic carbocycles. The Labute approximate surface area is 154 Å². The van der Waals surface area contributed by atoms with Gasteiger partial charge >= 0.3 is 6.03 Å². The van der Waals surface area contributed by atoms with Crippen LogP contribution >= 0.6 is 0 Å². The lowest BCUT2D eigenvalue weighted by Crippen LogP contribution is -2.40. The molecule has 1 aliphatic heterocycles. The monoisotopic (exact) mass is 354 g/mol.